The predicted octanol–water partition coefficient (Wildman–Crippen LogP) is 2.83. The Morgan fingerprint density at radius 2 is 2.16 bits per heavy atom. The molecule has 0 saturated carbocycles. The molecule has 0 radical (unpaired) electrons. The Hall–Kier alpha value is -1.42. The number of rotatable bonds is 7. The van der Waals surface area contributed by atoms with Gasteiger partial charge < -0.3 is 4.74 Å². The van der Waals surface area contributed by atoms with Crippen molar-refractivity contribution < 1.29 is 4.74 Å². The van der Waals surface area contributed by atoms with E-state index >= 15 is 0 Å². The Morgan fingerprint density at radius 3 is 2.68 bits per heavy atom. The fraction of sp³-hybridized carbons (Fsp3) is 0.600. The molecule has 0 bridgehead atoms. The maximum Gasteiger partial charge on any atom is 0.261 e. The zero-order chi connectivity index (χ0) is 14.3. The van der Waals surface area contributed by atoms with Gasteiger partial charge in [0.15, 0.2) is 0 Å². The van der Waals surface area contributed by atoms with Crippen molar-refractivity contribution >= 4 is 6.08 Å². The molecule has 4 nitrogen and oxygen atoms in total. The molecule has 1 aromatic rings. The maximum atomic E-state index is 12.5. The van der Waals surface area contributed by atoms with E-state index in [2.05, 4.69) is 11.9 Å². The summed E-state index contributed by atoms with van der Waals surface area (Å²) in [6, 6.07) is 0.0460. The summed E-state index contributed by atoms with van der Waals surface area (Å²) < 4.78 is 6.87. The van der Waals surface area contributed by atoms with Crippen LogP contribution in [0.15, 0.2) is 17.2 Å². The van der Waals surface area contributed by atoms with Gasteiger partial charge in [0.1, 0.15) is 0 Å². The molecule has 1 unspecified atom stereocenters. The van der Waals surface area contributed by atoms with Crippen LogP contribution in [0.25, 0.3) is 6.08 Å². The average Bonchev–Trinajstić information content (AvgIpc) is 2.43. The Morgan fingerprint density at radius 1 is 1.42 bits per heavy atom. The molecule has 0 aliphatic carbocycles. The molecule has 1 heterocycles. The Balaban J connectivity index is 3.29. The van der Waals surface area contributed by atoms with Crippen LogP contribution in [-0.4, -0.2) is 23.3 Å². The summed E-state index contributed by atoms with van der Waals surface area (Å²) in [5.41, 5.74) is 1.60. The smallest absolute Gasteiger partial charge is 0.261 e. The van der Waals surface area contributed by atoms with Crippen molar-refractivity contribution in [3.8, 4) is 0 Å². The van der Waals surface area contributed by atoms with Gasteiger partial charge in [0.2, 0.25) is 0 Å². The Kier molecular flexibility index (Phi) is 6.50. The SMILES string of the molecule is CC/C=C\c1c(CC)ncn(C(CC)COC)c1=O. The van der Waals surface area contributed by atoms with Crippen molar-refractivity contribution in [2.24, 2.45) is 0 Å². The summed E-state index contributed by atoms with van der Waals surface area (Å²) in [7, 11) is 1.65. The molecule has 0 aliphatic heterocycles. The van der Waals surface area contributed by atoms with Gasteiger partial charge in [-0.1, -0.05) is 32.9 Å². The van der Waals surface area contributed by atoms with Gasteiger partial charge in [-0.3, -0.25) is 9.36 Å². The van der Waals surface area contributed by atoms with E-state index in [0.717, 1.165) is 25.0 Å². The molecule has 4 heteroatoms. The Labute approximate surface area is 115 Å². The molecule has 1 atom stereocenters. The van der Waals surface area contributed by atoms with Gasteiger partial charge in [-0.2, -0.15) is 0 Å². The number of ether oxygens (including phenoxy) is 1. The average molecular weight is 264 g/mol. The maximum absolute atomic E-state index is 12.5. The third-order valence-electron chi connectivity index (χ3n) is 3.19. The summed E-state index contributed by atoms with van der Waals surface area (Å²) in [5.74, 6) is 0. The minimum Gasteiger partial charge on any atom is -0.383 e. The number of allylic oxidation sites excluding steroid dienone is 1. The molecule has 0 amide bonds. The molecular formula is C15H24N2O2. The van der Waals surface area contributed by atoms with Crippen LogP contribution in [0, 0.1) is 0 Å². The molecule has 0 fully saturated rings. The first-order chi connectivity index (χ1) is 9.19. The molecule has 19 heavy (non-hydrogen) atoms. The van der Waals surface area contributed by atoms with Crippen LogP contribution < -0.4 is 5.56 Å². The third-order valence-corrected chi connectivity index (χ3v) is 3.19. The van der Waals surface area contributed by atoms with Gasteiger partial charge in [-0.15, -0.1) is 0 Å². The van der Waals surface area contributed by atoms with Crippen LogP contribution in [-0.2, 0) is 11.2 Å². The minimum absolute atomic E-state index is 0.0282. The van der Waals surface area contributed by atoms with Crippen LogP contribution in [0.5, 0.6) is 0 Å². The summed E-state index contributed by atoms with van der Waals surface area (Å²) in [5, 5.41) is 0. The largest absolute Gasteiger partial charge is 0.383 e. The molecule has 106 valence electrons. The number of hydrogen-bond donors (Lipinski definition) is 0. The van der Waals surface area contributed by atoms with Crippen molar-refractivity contribution in [2.45, 2.75) is 46.1 Å². The minimum atomic E-state index is 0.0282. The summed E-state index contributed by atoms with van der Waals surface area (Å²) in [4.78, 5) is 17.0. The molecule has 0 N–H and O–H groups in total. The fourth-order valence-electron chi connectivity index (χ4n) is 2.05. The van der Waals surface area contributed by atoms with E-state index in [1.807, 2.05) is 26.0 Å². The van der Waals surface area contributed by atoms with Crippen LogP contribution in [0.3, 0.4) is 0 Å². The fourth-order valence-corrected chi connectivity index (χ4v) is 2.05. The standard InChI is InChI=1S/C15H24N2O2/c1-5-8-9-13-14(7-3)16-11-17(15(13)18)12(6-2)10-19-4/h8-9,11-12H,5-7,10H2,1-4H3/b9-8-. The first kappa shape index (κ1) is 15.6. The second kappa shape index (κ2) is 7.89. The molecule has 0 aromatic carbocycles. The van der Waals surface area contributed by atoms with Gasteiger partial charge in [-0.05, 0) is 19.3 Å². The van der Waals surface area contributed by atoms with E-state index in [1.165, 1.54) is 0 Å². The first-order valence-corrected chi connectivity index (χ1v) is 6.94. The van der Waals surface area contributed by atoms with Crippen LogP contribution in [0.2, 0.25) is 0 Å². The van der Waals surface area contributed by atoms with E-state index in [4.69, 9.17) is 4.74 Å². The molecule has 0 aliphatic rings. The topological polar surface area (TPSA) is 44.1 Å². The summed E-state index contributed by atoms with van der Waals surface area (Å²) >= 11 is 0. The Bertz CT molecular complexity index is 478. The molecule has 1 aromatic heterocycles. The highest BCUT2D eigenvalue weighted by Crippen LogP contribution is 2.11. The van der Waals surface area contributed by atoms with Crippen molar-refractivity contribution in [3.05, 3.63) is 34.0 Å². The van der Waals surface area contributed by atoms with E-state index in [0.29, 0.717) is 12.2 Å². The van der Waals surface area contributed by atoms with Gasteiger partial charge in [0.25, 0.3) is 5.56 Å². The highest BCUT2D eigenvalue weighted by atomic mass is 16.5. The zero-order valence-corrected chi connectivity index (χ0v) is 12.3. The van der Waals surface area contributed by atoms with Crippen molar-refractivity contribution in [1.29, 1.82) is 0 Å². The molecule has 0 spiro atoms. The van der Waals surface area contributed by atoms with Gasteiger partial charge in [0.05, 0.1) is 30.2 Å². The lowest BCUT2D eigenvalue weighted by molar-refractivity contribution is 0.151. The zero-order valence-electron chi connectivity index (χ0n) is 12.3. The van der Waals surface area contributed by atoms with Gasteiger partial charge in [0, 0.05) is 7.11 Å². The van der Waals surface area contributed by atoms with Crippen LogP contribution >= 0.6 is 0 Å². The normalized spacial score (nSPS) is 13.1. The monoisotopic (exact) mass is 264 g/mol. The van der Waals surface area contributed by atoms with E-state index < -0.39 is 0 Å². The number of aryl methyl sites for hydroxylation is 1. The number of methoxy groups -OCH3 is 1. The van der Waals surface area contributed by atoms with E-state index in [1.54, 1.807) is 18.0 Å². The number of aromatic nitrogens is 2. The summed E-state index contributed by atoms with van der Waals surface area (Å²) in [6.07, 6.45) is 8.06. The van der Waals surface area contributed by atoms with E-state index in [9.17, 15) is 4.79 Å². The lowest BCUT2D eigenvalue weighted by Gasteiger charge is -2.18. The predicted molar refractivity (Wildman–Crippen MR) is 78.4 cm³/mol. The third kappa shape index (κ3) is 3.77. The highest BCUT2D eigenvalue weighted by Gasteiger charge is 2.14. The van der Waals surface area contributed by atoms with Gasteiger partial charge in [-0.25, -0.2) is 4.98 Å². The number of hydrogen-bond acceptors (Lipinski definition) is 3. The lowest BCUT2D eigenvalue weighted by atomic mass is 10.1. The quantitative estimate of drug-likeness (QED) is 0.760. The molecule has 0 saturated heterocycles. The van der Waals surface area contributed by atoms with Crippen molar-refractivity contribution in [3.63, 3.8) is 0 Å². The van der Waals surface area contributed by atoms with Crippen LogP contribution in [0.1, 0.15) is 50.9 Å². The first-order valence-electron chi connectivity index (χ1n) is 6.94. The molecule has 1 rings (SSSR count). The highest BCUT2D eigenvalue weighted by molar-refractivity contribution is 5.50. The molecular weight excluding hydrogens is 240 g/mol. The second-order valence-electron chi connectivity index (χ2n) is 4.50. The van der Waals surface area contributed by atoms with Gasteiger partial charge >= 0.3 is 0 Å². The second-order valence-corrected chi connectivity index (χ2v) is 4.50. The summed E-state index contributed by atoms with van der Waals surface area (Å²) in [6.45, 7) is 6.64. The van der Waals surface area contributed by atoms with Crippen molar-refractivity contribution in [2.75, 3.05) is 13.7 Å². The van der Waals surface area contributed by atoms with Crippen LogP contribution in [0.4, 0.5) is 0 Å². The lowest BCUT2D eigenvalue weighted by Crippen LogP contribution is -2.30. The number of nitrogens with zero attached hydrogens (tertiary/aromatic N) is 2. The van der Waals surface area contributed by atoms with E-state index in [-0.39, 0.29) is 11.6 Å². The van der Waals surface area contributed by atoms with Crippen molar-refractivity contribution in [1.82, 2.24) is 9.55 Å².